The van der Waals surface area contributed by atoms with Crippen molar-refractivity contribution >= 4 is 17.8 Å². The van der Waals surface area contributed by atoms with Gasteiger partial charge in [-0.25, -0.2) is 0 Å². The van der Waals surface area contributed by atoms with E-state index >= 15 is 0 Å². The second-order valence-electron chi connectivity index (χ2n) is 5.04. The van der Waals surface area contributed by atoms with Crippen molar-refractivity contribution in [1.82, 2.24) is 5.32 Å². The Hall–Kier alpha value is -1.94. The van der Waals surface area contributed by atoms with E-state index in [1.54, 1.807) is 44.2 Å². The Kier molecular flexibility index (Phi) is 5.01. The van der Waals surface area contributed by atoms with Crippen molar-refractivity contribution in [3.8, 4) is 0 Å². The predicted octanol–water partition coefficient (Wildman–Crippen LogP) is 1.79. The fourth-order valence-electron chi connectivity index (χ4n) is 1.42. The molecule has 0 aliphatic rings. The van der Waals surface area contributed by atoms with Crippen LogP contribution in [0.3, 0.4) is 0 Å². The SMILES string of the molecule is CC(=O)c1ccc(/C=C/C(=O)NC(C)(C)CO)cc1. The van der Waals surface area contributed by atoms with E-state index < -0.39 is 5.54 Å². The smallest absolute Gasteiger partial charge is 0.244 e. The average molecular weight is 261 g/mol. The summed E-state index contributed by atoms with van der Waals surface area (Å²) in [5.74, 6) is -0.257. The maximum Gasteiger partial charge on any atom is 0.244 e. The van der Waals surface area contributed by atoms with Crippen LogP contribution in [0.15, 0.2) is 30.3 Å². The largest absolute Gasteiger partial charge is 0.394 e. The number of aliphatic hydroxyl groups excluding tert-OH is 1. The molecule has 0 aromatic heterocycles. The summed E-state index contributed by atoms with van der Waals surface area (Å²) in [6.07, 6.45) is 3.06. The summed E-state index contributed by atoms with van der Waals surface area (Å²) < 4.78 is 0. The lowest BCUT2D eigenvalue weighted by molar-refractivity contribution is -0.118. The lowest BCUT2D eigenvalue weighted by atomic mass is 10.1. The number of aliphatic hydroxyl groups is 1. The zero-order valence-corrected chi connectivity index (χ0v) is 11.4. The third-order valence-electron chi connectivity index (χ3n) is 2.60. The van der Waals surface area contributed by atoms with Crippen LogP contribution in [0.25, 0.3) is 6.08 Å². The minimum atomic E-state index is -0.639. The number of carbonyl (C=O) groups is 2. The standard InChI is InChI=1S/C15H19NO3/c1-11(18)13-7-4-12(5-8-13)6-9-14(19)16-15(2,3)10-17/h4-9,17H,10H2,1-3H3,(H,16,19)/b9-6+. The fraction of sp³-hybridized carbons (Fsp3) is 0.333. The van der Waals surface area contributed by atoms with Crippen LogP contribution in [-0.4, -0.2) is 28.9 Å². The van der Waals surface area contributed by atoms with Gasteiger partial charge in [-0.1, -0.05) is 24.3 Å². The first kappa shape index (κ1) is 15.1. The molecule has 0 aliphatic heterocycles. The minimum absolute atomic E-state index is 0.0120. The molecule has 102 valence electrons. The Balaban J connectivity index is 2.66. The van der Waals surface area contributed by atoms with Gasteiger partial charge in [-0.3, -0.25) is 9.59 Å². The van der Waals surface area contributed by atoms with Crippen molar-refractivity contribution in [3.63, 3.8) is 0 Å². The van der Waals surface area contributed by atoms with E-state index in [1.165, 1.54) is 13.0 Å². The molecule has 0 aliphatic carbocycles. The first-order valence-electron chi connectivity index (χ1n) is 6.06. The summed E-state index contributed by atoms with van der Waals surface area (Å²) in [4.78, 5) is 22.7. The number of nitrogens with one attached hydrogen (secondary N) is 1. The van der Waals surface area contributed by atoms with Crippen LogP contribution in [0.5, 0.6) is 0 Å². The van der Waals surface area contributed by atoms with E-state index in [9.17, 15) is 9.59 Å². The Morgan fingerprint density at radius 3 is 2.32 bits per heavy atom. The molecule has 0 radical (unpaired) electrons. The zero-order chi connectivity index (χ0) is 14.5. The summed E-state index contributed by atoms with van der Waals surface area (Å²) in [6.45, 7) is 4.86. The van der Waals surface area contributed by atoms with Gasteiger partial charge in [0.25, 0.3) is 0 Å². The van der Waals surface area contributed by atoms with Gasteiger partial charge < -0.3 is 10.4 Å². The highest BCUT2D eigenvalue weighted by Gasteiger charge is 2.17. The van der Waals surface area contributed by atoms with Crippen molar-refractivity contribution in [1.29, 1.82) is 0 Å². The Bertz CT molecular complexity index is 487. The third-order valence-corrected chi connectivity index (χ3v) is 2.60. The molecule has 1 amide bonds. The molecule has 0 bridgehead atoms. The van der Waals surface area contributed by atoms with Crippen LogP contribution in [0, 0.1) is 0 Å². The molecule has 0 spiro atoms. The van der Waals surface area contributed by atoms with Gasteiger partial charge >= 0.3 is 0 Å². The summed E-state index contributed by atoms with van der Waals surface area (Å²) in [6, 6.07) is 6.99. The van der Waals surface area contributed by atoms with Crippen LogP contribution in [0.4, 0.5) is 0 Å². The number of Topliss-reactive ketones (excluding diaryl/α,β-unsaturated/α-hetero) is 1. The molecule has 4 heteroatoms. The lowest BCUT2D eigenvalue weighted by Crippen LogP contribution is -2.45. The minimum Gasteiger partial charge on any atom is -0.394 e. The lowest BCUT2D eigenvalue weighted by Gasteiger charge is -2.22. The highest BCUT2D eigenvalue weighted by atomic mass is 16.3. The fourth-order valence-corrected chi connectivity index (χ4v) is 1.42. The molecule has 0 heterocycles. The van der Waals surface area contributed by atoms with Crippen LogP contribution < -0.4 is 5.32 Å². The summed E-state index contributed by atoms with van der Waals surface area (Å²) >= 11 is 0. The molecule has 0 saturated carbocycles. The van der Waals surface area contributed by atoms with Gasteiger partial charge in [0.2, 0.25) is 5.91 Å². The topological polar surface area (TPSA) is 66.4 Å². The first-order valence-corrected chi connectivity index (χ1v) is 6.06. The number of hydrogen-bond donors (Lipinski definition) is 2. The molecule has 4 nitrogen and oxygen atoms in total. The highest BCUT2D eigenvalue weighted by molar-refractivity contribution is 5.95. The Morgan fingerprint density at radius 1 is 1.26 bits per heavy atom. The van der Waals surface area contributed by atoms with E-state index in [0.29, 0.717) is 5.56 Å². The molecular formula is C15H19NO3. The monoisotopic (exact) mass is 261 g/mol. The van der Waals surface area contributed by atoms with Gasteiger partial charge in [0.05, 0.1) is 12.1 Å². The van der Waals surface area contributed by atoms with E-state index in [0.717, 1.165) is 5.56 Å². The number of carbonyl (C=O) groups excluding carboxylic acids is 2. The van der Waals surface area contributed by atoms with Gasteiger partial charge in [-0.15, -0.1) is 0 Å². The highest BCUT2D eigenvalue weighted by Crippen LogP contribution is 2.07. The van der Waals surface area contributed by atoms with Crippen molar-refractivity contribution in [3.05, 3.63) is 41.5 Å². The van der Waals surface area contributed by atoms with Crippen molar-refractivity contribution < 1.29 is 14.7 Å². The molecule has 0 fully saturated rings. The number of ketones is 1. The predicted molar refractivity (Wildman–Crippen MR) is 74.8 cm³/mol. The van der Waals surface area contributed by atoms with E-state index in [-0.39, 0.29) is 18.3 Å². The van der Waals surface area contributed by atoms with Crippen LogP contribution in [-0.2, 0) is 4.79 Å². The molecular weight excluding hydrogens is 242 g/mol. The van der Waals surface area contributed by atoms with Gasteiger partial charge in [-0.05, 0) is 32.4 Å². The van der Waals surface area contributed by atoms with E-state index in [4.69, 9.17) is 5.11 Å². The summed E-state index contributed by atoms with van der Waals surface area (Å²) in [5, 5.41) is 11.7. The zero-order valence-electron chi connectivity index (χ0n) is 11.4. The average Bonchev–Trinajstić information content (AvgIpc) is 2.36. The Morgan fingerprint density at radius 2 is 1.84 bits per heavy atom. The molecule has 2 N–H and O–H groups in total. The normalized spacial score (nSPS) is 11.6. The van der Waals surface area contributed by atoms with Gasteiger partial charge in [0.15, 0.2) is 5.78 Å². The van der Waals surface area contributed by atoms with Crippen LogP contribution in [0.2, 0.25) is 0 Å². The maximum atomic E-state index is 11.6. The second kappa shape index (κ2) is 6.29. The van der Waals surface area contributed by atoms with E-state index in [1.807, 2.05) is 0 Å². The van der Waals surface area contributed by atoms with Crippen molar-refractivity contribution in [2.45, 2.75) is 26.3 Å². The van der Waals surface area contributed by atoms with Crippen molar-refractivity contribution in [2.75, 3.05) is 6.61 Å². The quantitative estimate of drug-likeness (QED) is 0.627. The number of rotatable bonds is 5. The van der Waals surface area contributed by atoms with Gasteiger partial charge in [0, 0.05) is 11.6 Å². The number of amides is 1. The van der Waals surface area contributed by atoms with Gasteiger partial charge in [-0.2, -0.15) is 0 Å². The maximum absolute atomic E-state index is 11.6. The van der Waals surface area contributed by atoms with E-state index in [2.05, 4.69) is 5.32 Å². The number of benzene rings is 1. The molecule has 0 atom stereocenters. The summed E-state index contributed by atoms with van der Waals surface area (Å²) in [5.41, 5.74) is 0.838. The third kappa shape index (κ3) is 5.06. The first-order chi connectivity index (χ1) is 8.84. The molecule has 1 rings (SSSR count). The molecule has 19 heavy (non-hydrogen) atoms. The number of hydrogen-bond acceptors (Lipinski definition) is 3. The molecule has 0 unspecified atom stereocenters. The summed E-state index contributed by atoms with van der Waals surface area (Å²) in [7, 11) is 0. The van der Waals surface area contributed by atoms with Crippen molar-refractivity contribution in [2.24, 2.45) is 0 Å². The van der Waals surface area contributed by atoms with Gasteiger partial charge in [0.1, 0.15) is 0 Å². The molecule has 0 saturated heterocycles. The molecule has 1 aromatic carbocycles. The van der Waals surface area contributed by atoms with Crippen LogP contribution >= 0.6 is 0 Å². The Labute approximate surface area is 113 Å². The van der Waals surface area contributed by atoms with Crippen LogP contribution in [0.1, 0.15) is 36.7 Å². The molecule has 1 aromatic rings. The second-order valence-corrected chi connectivity index (χ2v) is 5.04.